The number of ether oxygens (including phenoxy) is 2. The molecular weight excluding hydrogens is 475 g/mol. The van der Waals surface area contributed by atoms with E-state index in [4.69, 9.17) is 4.74 Å². The number of hydrogen-bond donors (Lipinski definition) is 2. The maximum atomic E-state index is 13.1. The van der Waals surface area contributed by atoms with Gasteiger partial charge in [0, 0.05) is 17.4 Å². The summed E-state index contributed by atoms with van der Waals surface area (Å²) in [5.74, 6) is -0.415. The van der Waals surface area contributed by atoms with Gasteiger partial charge in [-0.15, -0.1) is 0 Å². The first-order valence-electron chi connectivity index (χ1n) is 10.3. The molecule has 2 aromatic carbocycles. The number of nitrogens with one attached hydrogen (secondary N) is 1. The highest BCUT2D eigenvalue weighted by Crippen LogP contribution is 2.36. The highest BCUT2D eigenvalue weighted by atomic mass is 19.4. The molecule has 35 heavy (non-hydrogen) atoms. The minimum Gasteiger partial charge on any atom is -0.435 e. The molecule has 0 spiro atoms. The predicted octanol–water partition coefficient (Wildman–Crippen LogP) is 4.77. The molecule has 0 radical (unpaired) electrons. The molecule has 1 aliphatic rings. The molecule has 0 unspecified atom stereocenters. The smallest absolute Gasteiger partial charge is 0.433 e. The molecule has 1 amide bonds. The maximum absolute atomic E-state index is 13.1. The number of hydrogen-bond acceptors (Lipinski definition) is 5. The zero-order chi connectivity index (χ0) is 25.2. The highest BCUT2D eigenvalue weighted by molar-refractivity contribution is 6.00. The summed E-state index contributed by atoms with van der Waals surface area (Å²) in [6.07, 6.45) is -3.58. The average molecular weight is 494 g/mol. The van der Waals surface area contributed by atoms with E-state index in [9.17, 15) is 31.9 Å². The Morgan fingerprint density at radius 3 is 2.29 bits per heavy atom. The molecule has 0 aliphatic carbocycles. The number of halogens is 5. The fourth-order valence-electron chi connectivity index (χ4n) is 3.72. The van der Waals surface area contributed by atoms with Gasteiger partial charge in [-0.3, -0.25) is 9.78 Å². The van der Waals surface area contributed by atoms with Gasteiger partial charge in [-0.1, -0.05) is 24.3 Å². The number of pyridine rings is 1. The van der Waals surface area contributed by atoms with Crippen molar-refractivity contribution in [3.05, 3.63) is 77.6 Å². The van der Waals surface area contributed by atoms with Crippen LogP contribution >= 0.6 is 0 Å². The number of nitrogens with zero attached hydrogens (tertiary/aromatic N) is 1. The van der Waals surface area contributed by atoms with Gasteiger partial charge < -0.3 is 19.9 Å². The van der Waals surface area contributed by atoms with E-state index < -0.39 is 30.5 Å². The Labute approximate surface area is 196 Å². The summed E-state index contributed by atoms with van der Waals surface area (Å²) in [6, 6.07) is 12.8. The number of anilines is 1. The van der Waals surface area contributed by atoms with Crippen molar-refractivity contribution in [3.8, 4) is 16.9 Å². The number of benzene rings is 2. The average Bonchev–Trinajstić information content (AvgIpc) is 2.79. The third-order valence-corrected chi connectivity index (χ3v) is 5.67. The summed E-state index contributed by atoms with van der Waals surface area (Å²) in [4.78, 5) is 16.5. The standard InChI is InChI=1S/C24H19F5N2O4/c25-22(26)35-18-7-5-17(6-8-18)31-21(33)23(12-34-13-23)16-3-1-14(2-4-16)19-10-30-20(24(27,28)29)9-15(19)11-32/h1-10,22,32H,11-13H2,(H,31,33). The second-order valence-corrected chi connectivity index (χ2v) is 7.89. The van der Waals surface area contributed by atoms with Gasteiger partial charge in [0.25, 0.3) is 0 Å². The molecule has 1 fully saturated rings. The van der Waals surface area contributed by atoms with E-state index in [2.05, 4.69) is 15.0 Å². The third-order valence-electron chi connectivity index (χ3n) is 5.67. The molecule has 0 bridgehead atoms. The lowest BCUT2D eigenvalue weighted by molar-refractivity contribution is -0.141. The second kappa shape index (κ2) is 9.59. The first-order chi connectivity index (χ1) is 16.6. The van der Waals surface area contributed by atoms with E-state index >= 15 is 0 Å². The first-order valence-corrected chi connectivity index (χ1v) is 10.3. The minimum atomic E-state index is -4.63. The van der Waals surface area contributed by atoms with Crippen molar-refractivity contribution in [1.29, 1.82) is 0 Å². The van der Waals surface area contributed by atoms with E-state index in [1.54, 1.807) is 24.3 Å². The van der Waals surface area contributed by atoms with E-state index in [1.807, 2.05) is 0 Å². The monoisotopic (exact) mass is 494 g/mol. The maximum Gasteiger partial charge on any atom is 0.433 e. The predicted molar refractivity (Wildman–Crippen MR) is 115 cm³/mol. The summed E-state index contributed by atoms with van der Waals surface area (Å²) < 4.78 is 73.0. The lowest BCUT2D eigenvalue weighted by Crippen LogP contribution is -2.55. The van der Waals surface area contributed by atoms with Gasteiger partial charge in [0.1, 0.15) is 16.9 Å². The summed E-state index contributed by atoms with van der Waals surface area (Å²) >= 11 is 0. The highest BCUT2D eigenvalue weighted by Gasteiger charge is 2.47. The number of carbonyl (C=O) groups is 1. The van der Waals surface area contributed by atoms with Crippen LogP contribution in [0, 0.1) is 0 Å². The molecule has 0 saturated carbocycles. The Bertz CT molecular complexity index is 1190. The molecule has 1 aromatic heterocycles. The van der Waals surface area contributed by atoms with Crippen LogP contribution in [0.4, 0.5) is 27.6 Å². The number of carbonyl (C=O) groups excluding carboxylic acids is 1. The molecule has 184 valence electrons. The largest absolute Gasteiger partial charge is 0.435 e. The van der Waals surface area contributed by atoms with E-state index in [1.165, 1.54) is 24.3 Å². The molecule has 0 atom stereocenters. The molecule has 1 saturated heterocycles. The van der Waals surface area contributed by atoms with Crippen LogP contribution in [0.15, 0.2) is 60.8 Å². The van der Waals surface area contributed by atoms with Gasteiger partial charge in [-0.05, 0) is 47.0 Å². The fraction of sp³-hybridized carbons (Fsp3) is 0.250. The summed E-state index contributed by atoms with van der Waals surface area (Å²) in [7, 11) is 0. The van der Waals surface area contributed by atoms with Crippen LogP contribution in [0.3, 0.4) is 0 Å². The van der Waals surface area contributed by atoms with Gasteiger partial charge in [-0.2, -0.15) is 22.0 Å². The SMILES string of the molecule is O=C(Nc1ccc(OC(F)F)cc1)C1(c2ccc(-c3cnc(C(F)(F)F)cc3CO)cc2)COC1. The molecule has 2 N–H and O–H groups in total. The lowest BCUT2D eigenvalue weighted by atomic mass is 9.77. The summed E-state index contributed by atoms with van der Waals surface area (Å²) in [5.41, 5.74) is -0.187. The van der Waals surface area contributed by atoms with Crippen molar-refractivity contribution in [1.82, 2.24) is 4.98 Å². The van der Waals surface area contributed by atoms with Gasteiger partial charge in [0.2, 0.25) is 5.91 Å². The van der Waals surface area contributed by atoms with E-state index in [0.717, 1.165) is 12.3 Å². The van der Waals surface area contributed by atoms with Crippen molar-refractivity contribution in [2.45, 2.75) is 24.8 Å². The third kappa shape index (κ3) is 5.10. The molecule has 6 nitrogen and oxygen atoms in total. The zero-order valence-corrected chi connectivity index (χ0v) is 18.0. The Morgan fingerprint density at radius 2 is 1.77 bits per heavy atom. The second-order valence-electron chi connectivity index (χ2n) is 7.89. The van der Waals surface area contributed by atoms with Crippen molar-refractivity contribution in [2.75, 3.05) is 18.5 Å². The van der Waals surface area contributed by atoms with Gasteiger partial charge in [-0.25, -0.2) is 0 Å². The summed E-state index contributed by atoms with van der Waals surface area (Å²) in [6.45, 7) is -3.35. The Morgan fingerprint density at radius 1 is 1.11 bits per heavy atom. The van der Waals surface area contributed by atoms with E-state index in [-0.39, 0.29) is 30.4 Å². The quantitative estimate of drug-likeness (QED) is 0.463. The minimum absolute atomic E-state index is 0.0460. The fourth-order valence-corrected chi connectivity index (χ4v) is 3.72. The van der Waals surface area contributed by atoms with Crippen LogP contribution < -0.4 is 10.1 Å². The van der Waals surface area contributed by atoms with Crippen LogP contribution in [0.5, 0.6) is 5.75 Å². The molecule has 4 rings (SSSR count). The number of aliphatic hydroxyl groups is 1. The van der Waals surface area contributed by atoms with Crippen LogP contribution in [0.2, 0.25) is 0 Å². The van der Waals surface area contributed by atoms with Crippen molar-refractivity contribution in [2.24, 2.45) is 0 Å². The van der Waals surface area contributed by atoms with Crippen molar-refractivity contribution in [3.63, 3.8) is 0 Å². The van der Waals surface area contributed by atoms with E-state index in [0.29, 0.717) is 22.4 Å². The lowest BCUT2D eigenvalue weighted by Gasteiger charge is -2.40. The van der Waals surface area contributed by atoms with Crippen molar-refractivity contribution < 1.29 is 41.3 Å². The summed E-state index contributed by atoms with van der Waals surface area (Å²) in [5, 5.41) is 12.3. The topological polar surface area (TPSA) is 80.7 Å². The molecule has 1 aliphatic heterocycles. The van der Waals surface area contributed by atoms with Gasteiger partial charge >= 0.3 is 12.8 Å². The van der Waals surface area contributed by atoms with Crippen LogP contribution in [-0.2, 0) is 27.7 Å². The van der Waals surface area contributed by atoms with Gasteiger partial charge in [0.05, 0.1) is 19.8 Å². The Balaban J connectivity index is 1.54. The molecule has 11 heteroatoms. The molecule has 3 aromatic rings. The van der Waals surface area contributed by atoms with Crippen LogP contribution in [0.1, 0.15) is 16.8 Å². The first kappa shape index (κ1) is 24.6. The van der Waals surface area contributed by atoms with Crippen LogP contribution in [0.25, 0.3) is 11.1 Å². The van der Waals surface area contributed by atoms with Crippen molar-refractivity contribution >= 4 is 11.6 Å². The Kier molecular flexibility index (Phi) is 6.73. The Hall–Kier alpha value is -3.57. The molecular formula is C24H19F5N2O4. The normalized spacial score (nSPS) is 14.9. The number of aromatic nitrogens is 1. The van der Waals surface area contributed by atoms with Gasteiger partial charge in [0.15, 0.2) is 0 Å². The number of aliphatic hydroxyl groups excluding tert-OH is 1. The van der Waals surface area contributed by atoms with Crippen LogP contribution in [-0.4, -0.2) is 35.8 Å². The molecule has 2 heterocycles. The zero-order valence-electron chi connectivity index (χ0n) is 18.0. The number of amides is 1. The number of rotatable bonds is 7. The number of alkyl halides is 5.